The highest BCUT2D eigenvalue weighted by Gasteiger charge is 2.44. The smallest absolute Gasteiger partial charge is 0.346 e. The fourth-order valence-electron chi connectivity index (χ4n) is 10.3. The van der Waals surface area contributed by atoms with Crippen LogP contribution in [0.25, 0.3) is 11.1 Å². The molecule has 0 bridgehead atoms. The van der Waals surface area contributed by atoms with Crippen molar-refractivity contribution in [2.24, 2.45) is 23.7 Å². The van der Waals surface area contributed by atoms with Crippen LogP contribution >= 0.6 is 0 Å². The summed E-state index contributed by atoms with van der Waals surface area (Å²) in [6.07, 6.45) is 14.7. The number of benzene rings is 4. The topological polar surface area (TPSA) is 115 Å². The van der Waals surface area contributed by atoms with Crippen molar-refractivity contribution in [1.29, 1.82) is 0 Å². The average molecular weight is 937 g/mol. The third kappa shape index (κ3) is 12.5. The average Bonchev–Trinajstić information content (AvgIpc) is 4.26. The Labute approximate surface area is 399 Å². The molecule has 5 aliphatic rings. The summed E-state index contributed by atoms with van der Waals surface area (Å²) in [6, 6.07) is 19.0. The highest BCUT2D eigenvalue weighted by Crippen LogP contribution is 2.47. The van der Waals surface area contributed by atoms with E-state index in [1.165, 1.54) is 49.9 Å². The predicted molar refractivity (Wildman–Crippen MR) is 253 cm³/mol. The molecule has 0 aromatic heterocycles. The minimum Gasteiger partial charge on any atom is -0.493 e. The Morgan fingerprint density at radius 1 is 0.559 bits per heavy atom. The first-order valence-electron chi connectivity index (χ1n) is 25.1. The Morgan fingerprint density at radius 2 is 1.00 bits per heavy atom. The minimum absolute atomic E-state index is 0.147. The van der Waals surface area contributed by atoms with Crippen LogP contribution in [0.2, 0.25) is 0 Å². The molecule has 2 heterocycles. The summed E-state index contributed by atoms with van der Waals surface area (Å²) in [5, 5.41) is 0. The molecule has 12 heteroatoms. The maximum atomic E-state index is 15.2. The molecular formula is C56H66F2O10. The van der Waals surface area contributed by atoms with E-state index >= 15 is 8.78 Å². The number of hydrogen-bond acceptors (Lipinski definition) is 10. The molecule has 8 unspecified atom stereocenters. The van der Waals surface area contributed by atoms with Crippen LogP contribution in [0.5, 0.6) is 23.0 Å². The van der Waals surface area contributed by atoms with Gasteiger partial charge in [-0.05, 0) is 172 Å². The zero-order valence-electron chi connectivity index (χ0n) is 39.7. The summed E-state index contributed by atoms with van der Waals surface area (Å²) in [5.74, 6) is 0.125. The molecule has 0 spiro atoms. The summed E-state index contributed by atoms with van der Waals surface area (Å²) in [7, 11) is 0. The van der Waals surface area contributed by atoms with E-state index in [9.17, 15) is 9.59 Å². The van der Waals surface area contributed by atoms with Gasteiger partial charge in [0.1, 0.15) is 34.6 Å². The molecule has 4 aromatic carbocycles. The number of carbonyl (C=O) groups is 2. The molecule has 2 saturated carbocycles. The molecule has 4 aromatic rings. The third-order valence-corrected chi connectivity index (χ3v) is 14.7. The van der Waals surface area contributed by atoms with Crippen molar-refractivity contribution < 1.29 is 56.3 Å². The molecule has 3 aliphatic carbocycles. The van der Waals surface area contributed by atoms with Gasteiger partial charge in [-0.2, -0.15) is 0 Å². The summed E-state index contributed by atoms with van der Waals surface area (Å²) < 4.78 is 76.6. The van der Waals surface area contributed by atoms with Crippen LogP contribution in [0.3, 0.4) is 0 Å². The van der Waals surface area contributed by atoms with E-state index < -0.39 is 23.6 Å². The Morgan fingerprint density at radius 3 is 1.43 bits per heavy atom. The largest absolute Gasteiger partial charge is 0.493 e. The lowest BCUT2D eigenvalue weighted by Crippen LogP contribution is -2.18. The van der Waals surface area contributed by atoms with Gasteiger partial charge in [0.25, 0.3) is 0 Å². The molecule has 10 nitrogen and oxygen atoms in total. The highest BCUT2D eigenvalue weighted by atomic mass is 19.1. The summed E-state index contributed by atoms with van der Waals surface area (Å²) in [4.78, 5) is 26.3. The molecular weight excluding hydrogens is 871 g/mol. The van der Waals surface area contributed by atoms with Gasteiger partial charge in [0.05, 0.1) is 48.8 Å². The quantitative estimate of drug-likeness (QED) is 0.0291. The van der Waals surface area contributed by atoms with Crippen molar-refractivity contribution in [2.75, 3.05) is 39.6 Å². The SMILES string of the molecule is CC(CCCOCC1CCC2OC2C1)CCOc1ccc(C(=O)Oc2ccc3c(c2)C(C)c2cc(OC(=O)c4ccc(OCCC(C)CCCOCC5CCC6OC6C5)cc4F)ccc2-3)c(F)c1. The first-order valence-corrected chi connectivity index (χ1v) is 25.1. The van der Waals surface area contributed by atoms with E-state index in [2.05, 4.69) is 13.8 Å². The minimum atomic E-state index is -0.818. The van der Waals surface area contributed by atoms with Gasteiger partial charge in [-0.1, -0.05) is 32.9 Å². The zero-order chi connectivity index (χ0) is 47.1. The molecule has 0 radical (unpaired) electrons. The molecule has 2 aliphatic heterocycles. The van der Waals surface area contributed by atoms with Gasteiger partial charge in [0.2, 0.25) is 0 Å². The van der Waals surface area contributed by atoms with Crippen LogP contribution < -0.4 is 18.9 Å². The molecule has 9 rings (SSSR count). The Hall–Kier alpha value is -4.88. The van der Waals surface area contributed by atoms with E-state index in [1.54, 1.807) is 36.4 Å². The Kier molecular flexibility index (Phi) is 15.8. The number of hydrogen-bond donors (Lipinski definition) is 0. The second-order valence-electron chi connectivity index (χ2n) is 20.0. The molecule has 8 atom stereocenters. The fourth-order valence-corrected chi connectivity index (χ4v) is 10.3. The molecule has 0 amide bonds. The lowest BCUT2D eigenvalue weighted by atomic mass is 9.90. The zero-order valence-corrected chi connectivity index (χ0v) is 39.7. The van der Waals surface area contributed by atoms with Crippen LogP contribution in [-0.4, -0.2) is 76.0 Å². The number of halogens is 2. The Balaban J connectivity index is 0.683. The van der Waals surface area contributed by atoms with Crippen molar-refractivity contribution in [3.63, 3.8) is 0 Å². The molecule has 0 N–H and O–H groups in total. The van der Waals surface area contributed by atoms with Gasteiger partial charge in [-0.3, -0.25) is 0 Å². The lowest BCUT2D eigenvalue weighted by molar-refractivity contribution is 0.0719. The normalized spacial score (nSPS) is 23.9. The monoisotopic (exact) mass is 936 g/mol. The van der Waals surface area contributed by atoms with Crippen LogP contribution in [0.4, 0.5) is 8.78 Å². The van der Waals surface area contributed by atoms with Crippen LogP contribution in [0.15, 0.2) is 72.8 Å². The number of esters is 2. The van der Waals surface area contributed by atoms with Crippen molar-refractivity contribution in [3.8, 4) is 34.1 Å². The lowest BCUT2D eigenvalue weighted by Gasteiger charge is -2.19. The van der Waals surface area contributed by atoms with E-state index in [0.717, 1.165) is 100 Å². The van der Waals surface area contributed by atoms with Gasteiger partial charge in [-0.25, -0.2) is 18.4 Å². The summed E-state index contributed by atoms with van der Waals surface area (Å²) in [6.45, 7) is 10.4. The van der Waals surface area contributed by atoms with Crippen molar-refractivity contribution in [2.45, 2.75) is 128 Å². The van der Waals surface area contributed by atoms with Gasteiger partial charge < -0.3 is 37.9 Å². The van der Waals surface area contributed by atoms with Gasteiger partial charge in [-0.15, -0.1) is 0 Å². The number of carbonyl (C=O) groups excluding carboxylic acids is 2. The van der Waals surface area contributed by atoms with E-state index in [0.29, 0.717) is 72.8 Å². The van der Waals surface area contributed by atoms with E-state index in [-0.39, 0.29) is 28.5 Å². The summed E-state index contributed by atoms with van der Waals surface area (Å²) >= 11 is 0. The van der Waals surface area contributed by atoms with E-state index in [4.69, 9.17) is 37.9 Å². The Bertz CT molecular complexity index is 2220. The molecule has 364 valence electrons. The number of epoxide rings is 2. The molecule has 2 saturated heterocycles. The predicted octanol–water partition coefficient (Wildman–Crippen LogP) is 12.1. The number of fused-ring (bicyclic) bond motifs is 5. The fraction of sp³-hybridized carbons (Fsp3) is 0.536. The van der Waals surface area contributed by atoms with Crippen LogP contribution in [0, 0.1) is 35.3 Å². The maximum absolute atomic E-state index is 15.2. The van der Waals surface area contributed by atoms with Crippen LogP contribution in [0.1, 0.15) is 136 Å². The van der Waals surface area contributed by atoms with Gasteiger partial charge in [0, 0.05) is 44.5 Å². The van der Waals surface area contributed by atoms with Crippen molar-refractivity contribution >= 4 is 11.9 Å². The van der Waals surface area contributed by atoms with Gasteiger partial charge >= 0.3 is 11.9 Å². The molecule has 68 heavy (non-hydrogen) atoms. The maximum Gasteiger partial charge on any atom is 0.346 e. The van der Waals surface area contributed by atoms with Gasteiger partial charge in [0.15, 0.2) is 0 Å². The third-order valence-electron chi connectivity index (χ3n) is 14.7. The van der Waals surface area contributed by atoms with Crippen molar-refractivity contribution in [1.82, 2.24) is 0 Å². The first-order chi connectivity index (χ1) is 33.0. The van der Waals surface area contributed by atoms with E-state index in [1.807, 2.05) is 19.1 Å². The first kappa shape index (κ1) is 48.2. The van der Waals surface area contributed by atoms with Crippen molar-refractivity contribution in [3.05, 3.63) is 107 Å². The highest BCUT2D eigenvalue weighted by molar-refractivity contribution is 5.93. The second kappa shape index (κ2) is 22.3. The molecule has 4 fully saturated rings. The second-order valence-corrected chi connectivity index (χ2v) is 20.0. The summed E-state index contributed by atoms with van der Waals surface area (Å²) in [5.41, 5.74) is 3.27. The standard InChI is InChI=1S/C56H66F2O10/c1-34(6-4-22-61-32-37-8-18-51-53(26-37)67-51)20-24-63-39-10-16-45(49(57)30-39)55(59)65-41-12-14-43-44-15-13-42(29-48(44)36(3)47(43)28-41)66-56(60)46-17-11-40(31-50(46)58)64-25-21-35(2)7-5-23-62-33-38-9-19-52-54(27-38)68-52/h10-17,28-31,34-38,51-54H,4-9,18-27,32-33H2,1-3H3. The number of ether oxygens (including phenoxy) is 8. The number of rotatable bonds is 24. The van der Waals surface area contributed by atoms with Crippen LogP contribution in [-0.2, 0) is 18.9 Å².